The number of hydrogen-bond donors (Lipinski definition) is 0. The average Bonchev–Trinajstić information content (AvgIpc) is 3.88. The van der Waals surface area contributed by atoms with Crippen molar-refractivity contribution in [2.24, 2.45) is 0 Å². The van der Waals surface area contributed by atoms with Gasteiger partial charge in [0.1, 0.15) is 38.6 Å². The largest absolute Gasteiger partial charge is 0.434 e. The monoisotopic (exact) mass is 758 g/mol. The van der Waals surface area contributed by atoms with Crippen LogP contribution in [-0.2, 0) is 0 Å². The number of oxazole rings is 2. The molecule has 4 heterocycles. The van der Waals surface area contributed by atoms with E-state index >= 15 is 0 Å². The van der Waals surface area contributed by atoms with Crippen molar-refractivity contribution >= 4 is 93.2 Å². The van der Waals surface area contributed by atoms with Crippen LogP contribution < -0.4 is 30.5 Å². The quantitative estimate of drug-likeness (QED) is 0.167. The second kappa shape index (κ2) is 12.0. The Bertz CT molecular complexity index is 2650. The second-order valence-corrected chi connectivity index (χ2v) is 24.5. The maximum atomic E-state index is 7.15. The number of aromatic nitrogens is 2. The molecule has 0 radical (unpaired) electrons. The van der Waals surface area contributed by atoms with E-state index in [1.165, 1.54) is 20.7 Å². The molecule has 0 saturated carbocycles. The number of rotatable bonds is 4. The highest BCUT2D eigenvalue weighted by Crippen LogP contribution is 2.53. The predicted octanol–water partition coefficient (Wildman–Crippen LogP) is 10.5. The molecule has 0 bridgehead atoms. The summed E-state index contributed by atoms with van der Waals surface area (Å²) < 4.78 is 14.3. The van der Waals surface area contributed by atoms with Gasteiger partial charge in [-0.05, 0) is 69.3 Å². The molecule has 9 aromatic rings. The summed E-state index contributed by atoms with van der Waals surface area (Å²) in [7, 11) is -4.21. The Morgan fingerprint density at radius 1 is 0.375 bits per heavy atom. The summed E-state index contributed by atoms with van der Waals surface area (Å²) in [6.07, 6.45) is 0. The van der Waals surface area contributed by atoms with Crippen LogP contribution >= 0.6 is 0 Å². The van der Waals surface area contributed by atoms with Crippen LogP contribution in [0.25, 0.3) is 45.1 Å². The Morgan fingerprint density at radius 2 is 0.661 bits per heavy atom. The van der Waals surface area contributed by atoms with E-state index < -0.39 is 16.1 Å². The molecule has 8 heteroatoms. The van der Waals surface area contributed by atoms with Gasteiger partial charge in [-0.1, -0.05) is 135 Å². The molecule has 0 spiro atoms. The van der Waals surface area contributed by atoms with Crippen LogP contribution in [-0.4, -0.2) is 26.1 Å². The highest BCUT2D eigenvalue weighted by atomic mass is 28.3. The maximum absolute atomic E-state index is 7.15. The van der Waals surface area contributed by atoms with Crippen molar-refractivity contribution in [1.29, 1.82) is 0 Å². The van der Waals surface area contributed by atoms with E-state index in [0.717, 1.165) is 45.3 Å². The van der Waals surface area contributed by atoms with E-state index in [4.69, 9.17) is 18.8 Å². The van der Waals surface area contributed by atoms with Crippen molar-refractivity contribution in [3.8, 4) is 22.9 Å². The van der Waals surface area contributed by atoms with Crippen molar-refractivity contribution in [2.75, 3.05) is 9.80 Å². The molecule has 0 atom stereocenters. The molecule has 0 fully saturated rings. The van der Waals surface area contributed by atoms with E-state index in [1.54, 1.807) is 0 Å². The molecule has 6 nitrogen and oxygen atoms in total. The molecule has 56 heavy (non-hydrogen) atoms. The first-order valence-electron chi connectivity index (χ1n) is 19.2. The summed E-state index contributed by atoms with van der Waals surface area (Å²) >= 11 is 0. The average molecular weight is 759 g/mol. The third-order valence-electron chi connectivity index (χ3n) is 11.9. The fraction of sp³-hybridized carbons (Fsp3) is 0.0833. The number of nitrogens with zero attached hydrogens (tertiary/aromatic N) is 4. The Morgan fingerprint density at radius 3 is 0.982 bits per heavy atom. The van der Waals surface area contributed by atoms with E-state index in [0.29, 0.717) is 34.0 Å². The normalized spacial score (nSPS) is 15.0. The Labute approximate surface area is 327 Å². The molecular weight excluding hydrogens is 721 g/mol. The third kappa shape index (κ3) is 4.60. The van der Waals surface area contributed by atoms with Crippen LogP contribution in [0.5, 0.6) is 0 Å². The fourth-order valence-electron chi connectivity index (χ4n) is 9.14. The van der Waals surface area contributed by atoms with E-state index in [9.17, 15) is 0 Å². The lowest BCUT2D eigenvalue weighted by Gasteiger charge is -2.42. The standard InChI is InChI=1S/C48H38N4O2Si2/c1-55(2)37-27-15-11-23-33(37)51(34-24-12-16-28-38(34)55)43-41-46(54-47(49-41)31-19-7-5-8-20-31)44(42-45(43)53-48(50-42)32-21-9-6-10-22-32)52-35-25-13-17-29-39(35)56(3,4)40-30-18-14-26-36(40)52/h5-30H,1-4H3. The lowest BCUT2D eigenvalue weighted by atomic mass is 10.1. The van der Waals surface area contributed by atoms with Gasteiger partial charge in [0.05, 0.1) is 0 Å². The highest BCUT2D eigenvalue weighted by Gasteiger charge is 2.44. The number of benzene rings is 7. The molecule has 0 unspecified atom stereocenters. The van der Waals surface area contributed by atoms with Crippen LogP contribution in [0.4, 0.5) is 34.1 Å². The lowest BCUT2D eigenvalue weighted by molar-refractivity contribution is 0.618. The van der Waals surface area contributed by atoms with Crippen LogP contribution in [0.3, 0.4) is 0 Å². The second-order valence-electron chi connectivity index (χ2n) is 15.8. The summed E-state index contributed by atoms with van der Waals surface area (Å²) in [5.41, 5.74) is 10.7. The van der Waals surface area contributed by atoms with E-state index in [1.807, 2.05) is 36.4 Å². The Hall–Kier alpha value is -6.49. The van der Waals surface area contributed by atoms with Crippen LogP contribution in [0.1, 0.15) is 0 Å². The minimum atomic E-state index is -2.10. The van der Waals surface area contributed by atoms with Crippen LogP contribution in [0.15, 0.2) is 167 Å². The highest BCUT2D eigenvalue weighted by molar-refractivity contribution is 7.03. The molecule has 270 valence electrons. The molecule has 0 aliphatic carbocycles. The molecule has 2 aliphatic rings. The van der Waals surface area contributed by atoms with Gasteiger partial charge >= 0.3 is 0 Å². The number of para-hydroxylation sites is 4. The topological polar surface area (TPSA) is 58.5 Å². The SMILES string of the molecule is C[Si]1(C)c2ccccc2N(c2c3nc(-c4ccccc4)oc3c(N3c4ccccc4[Si](C)(C)c4ccccc43)c3nc(-c4ccccc4)oc23)c2ccccc21. The van der Waals surface area contributed by atoms with Crippen molar-refractivity contribution in [2.45, 2.75) is 26.2 Å². The van der Waals surface area contributed by atoms with Gasteiger partial charge in [0.25, 0.3) is 0 Å². The summed E-state index contributed by atoms with van der Waals surface area (Å²) in [5.74, 6) is 1.08. The number of fused-ring (bicyclic) bond motifs is 6. The fourth-order valence-corrected chi connectivity index (χ4v) is 15.1. The van der Waals surface area contributed by atoms with Gasteiger partial charge < -0.3 is 18.6 Å². The first-order chi connectivity index (χ1) is 27.3. The van der Waals surface area contributed by atoms with Gasteiger partial charge in [-0.25, -0.2) is 9.97 Å². The summed E-state index contributed by atoms with van der Waals surface area (Å²) in [6, 6.07) is 55.7. The zero-order valence-corrected chi connectivity index (χ0v) is 33.6. The van der Waals surface area contributed by atoms with E-state index in [2.05, 4.69) is 157 Å². The molecule has 2 aliphatic heterocycles. The summed E-state index contributed by atoms with van der Waals surface area (Å²) in [6.45, 7) is 9.77. The van der Waals surface area contributed by atoms with Gasteiger partial charge in [0, 0.05) is 33.9 Å². The minimum absolute atomic E-state index is 0.542. The van der Waals surface area contributed by atoms with Crippen molar-refractivity contribution < 1.29 is 8.83 Å². The number of hydrogen-bond acceptors (Lipinski definition) is 6. The van der Waals surface area contributed by atoms with E-state index in [-0.39, 0.29) is 0 Å². The molecule has 11 rings (SSSR count). The Balaban J connectivity index is 1.33. The van der Waals surface area contributed by atoms with Crippen LogP contribution in [0.2, 0.25) is 26.2 Å². The van der Waals surface area contributed by atoms with Crippen LogP contribution in [0, 0.1) is 0 Å². The first-order valence-corrected chi connectivity index (χ1v) is 25.2. The molecule has 0 N–H and O–H groups in total. The maximum Gasteiger partial charge on any atom is 0.227 e. The van der Waals surface area contributed by atoms with Gasteiger partial charge in [-0.2, -0.15) is 0 Å². The molecule has 2 aromatic heterocycles. The zero-order chi connectivity index (χ0) is 37.8. The van der Waals surface area contributed by atoms with Gasteiger partial charge in [0.2, 0.25) is 11.8 Å². The zero-order valence-electron chi connectivity index (χ0n) is 31.6. The lowest BCUT2D eigenvalue weighted by Crippen LogP contribution is -2.58. The van der Waals surface area contributed by atoms with Gasteiger partial charge in [-0.15, -0.1) is 0 Å². The smallest absolute Gasteiger partial charge is 0.227 e. The predicted molar refractivity (Wildman–Crippen MR) is 235 cm³/mol. The third-order valence-corrected chi connectivity index (χ3v) is 19.0. The summed E-state index contributed by atoms with van der Waals surface area (Å²) in [4.78, 5) is 15.7. The van der Waals surface area contributed by atoms with Crippen molar-refractivity contribution in [1.82, 2.24) is 9.97 Å². The summed E-state index contributed by atoms with van der Waals surface area (Å²) in [5, 5.41) is 5.41. The minimum Gasteiger partial charge on any atom is -0.434 e. The van der Waals surface area contributed by atoms with Gasteiger partial charge in [0.15, 0.2) is 11.2 Å². The Kier molecular flexibility index (Phi) is 7.05. The molecular formula is C48H38N4O2Si2. The van der Waals surface area contributed by atoms with Gasteiger partial charge in [-0.3, -0.25) is 0 Å². The van der Waals surface area contributed by atoms with Crippen molar-refractivity contribution in [3.05, 3.63) is 158 Å². The van der Waals surface area contributed by atoms with Crippen molar-refractivity contribution in [3.63, 3.8) is 0 Å². The molecule has 0 saturated heterocycles. The first kappa shape index (κ1) is 32.9. The number of anilines is 6. The molecule has 0 amide bonds. The molecule has 7 aromatic carbocycles.